The van der Waals surface area contributed by atoms with Gasteiger partial charge in [-0.3, -0.25) is 9.80 Å². The van der Waals surface area contributed by atoms with Crippen molar-refractivity contribution in [1.29, 1.82) is 0 Å². The van der Waals surface area contributed by atoms with Crippen molar-refractivity contribution < 1.29 is 9.47 Å². The predicted molar refractivity (Wildman–Crippen MR) is 91.4 cm³/mol. The molecule has 0 saturated carbocycles. The number of nitrogens with zero attached hydrogens (tertiary/aromatic N) is 2. The third-order valence-electron chi connectivity index (χ3n) is 6.57. The van der Waals surface area contributed by atoms with E-state index in [-0.39, 0.29) is 0 Å². The van der Waals surface area contributed by atoms with E-state index in [1.165, 1.54) is 64.6 Å². The second kappa shape index (κ2) is 7.81. The summed E-state index contributed by atoms with van der Waals surface area (Å²) in [5.74, 6) is 0.882. The zero-order chi connectivity index (χ0) is 15.5. The number of likely N-dealkylation sites (tertiary alicyclic amines) is 2. The minimum Gasteiger partial charge on any atom is -0.380 e. The maximum Gasteiger partial charge on any atom is 0.0622 e. The normalized spacial score (nSPS) is 38.9. The van der Waals surface area contributed by atoms with Crippen LogP contribution in [0.15, 0.2) is 0 Å². The first-order chi connectivity index (χ1) is 11.4. The van der Waals surface area contributed by atoms with Gasteiger partial charge in [0.15, 0.2) is 0 Å². The molecule has 0 bridgehead atoms. The van der Waals surface area contributed by atoms with Crippen LogP contribution in [0, 0.1) is 12.3 Å². The van der Waals surface area contributed by atoms with Crippen LogP contribution in [0.4, 0.5) is 0 Å². The van der Waals surface area contributed by atoms with Crippen LogP contribution in [0.3, 0.4) is 0 Å². The van der Waals surface area contributed by atoms with Gasteiger partial charge in [0.1, 0.15) is 0 Å². The molecule has 0 aliphatic carbocycles. The second-order valence-corrected chi connectivity index (χ2v) is 7.88. The SMILES string of the molecule is [CH]1CCN(C2CCCOC2)C(C2CCN(C3CCOC3)CC2)C1. The first-order valence-electron chi connectivity index (χ1n) is 9.89. The molecule has 0 spiro atoms. The Kier molecular flexibility index (Phi) is 5.54. The second-order valence-electron chi connectivity index (χ2n) is 7.88. The average Bonchev–Trinajstić information content (AvgIpc) is 3.17. The number of hydrogen-bond donors (Lipinski definition) is 0. The molecule has 4 saturated heterocycles. The number of hydrogen-bond acceptors (Lipinski definition) is 4. The summed E-state index contributed by atoms with van der Waals surface area (Å²) < 4.78 is 11.4. The minimum absolute atomic E-state index is 0.684. The fourth-order valence-corrected chi connectivity index (χ4v) is 5.21. The van der Waals surface area contributed by atoms with Crippen molar-refractivity contribution in [3.63, 3.8) is 0 Å². The average molecular weight is 321 g/mol. The maximum atomic E-state index is 5.78. The van der Waals surface area contributed by atoms with E-state index in [0.29, 0.717) is 12.1 Å². The Hall–Kier alpha value is -0.160. The molecule has 3 unspecified atom stereocenters. The quantitative estimate of drug-likeness (QED) is 0.796. The summed E-state index contributed by atoms with van der Waals surface area (Å²) in [4.78, 5) is 5.53. The Morgan fingerprint density at radius 2 is 1.65 bits per heavy atom. The van der Waals surface area contributed by atoms with Crippen molar-refractivity contribution in [2.75, 3.05) is 46.1 Å². The van der Waals surface area contributed by atoms with Gasteiger partial charge in [-0.15, -0.1) is 0 Å². The molecule has 0 aromatic heterocycles. The Bertz CT molecular complexity index is 358. The first kappa shape index (κ1) is 16.3. The van der Waals surface area contributed by atoms with E-state index in [0.717, 1.165) is 38.4 Å². The lowest BCUT2D eigenvalue weighted by molar-refractivity contribution is -0.0288. The summed E-state index contributed by atoms with van der Waals surface area (Å²) in [6, 6.07) is 2.16. The summed E-state index contributed by atoms with van der Waals surface area (Å²) in [7, 11) is 0. The molecule has 0 aromatic rings. The topological polar surface area (TPSA) is 24.9 Å². The van der Waals surface area contributed by atoms with Gasteiger partial charge in [-0.2, -0.15) is 0 Å². The van der Waals surface area contributed by atoms with Crippen LogP contribution < -0.4 is 0 Å². The third-order valence-corrected chi connectivity index (χ3v) is 6.57. The fourth-order valence-electron chi connectivity index (χ4n) is 5.21. The highest BCUT2D eigenvalue weighted by Crippen LogP contribution is 2.33. The van der Waals surface area contributed by atoms with Gasteiger partial charge in [-0.1, -0.05) is 0 Å². The molecule has 131 valence electrons. The van der Waals surface area contributed by atoms with Crippen molar-refractivity contribution >= 4 is 0 Å². The number of ether oxygens (including phenoxy) is 2. The Morgan fingerprint density at radius 3 is 2.39 bits per heavy atom. The molecule has 0 aromatic carbocycles. The standard InChI is InChI=1S/C19H33N2O2/c1-2-9-21(18-4-3-12-22-15-18)19(5-1)16-6-10-20(11-7-16)17-8-13-23-14-17/h1,16-19H,2-15H2. The van der Waals surface area contributed by atoms with Gasteiger partial charge in [0.25, 0.3) is 0 Å². The van der Waals surface area contributed by atoms with E-state index < -0.39 is 0 Å². The van der Waals surface area contributed by atoms with Crippen molar-refractivity contribution in [1.82, 2.24) is 9.80 Å². The van der Waals surface area contributed by atoms with Crippen LogP contribution in [0.2, 0.25) is 0 Å². The first-order valence-corrected chi connectivity index (χ1v) is 9.89. The molecule has 4 heterocycles. The highest BCUT2D eigenvalue weighted by atomic mass is 16.5. The zero-order valence-electron chi connectivity index (χ0n) is 14.5. The van der Waals surface area contributed by atoms with E-state index in [4.69, 9.17) is 9.47 Å². The molecular formula is C19H33N2O2. The Morgan fingerprint density at radius 1 is 0.826 bits per heavy atom. The van der Waals surface area contributed by atoms with Crippen molar-refractivity contribution in [2.24, 2.45) is 5.92 Å². The van der Waals surface area contributed by atoms with Crippen molar-refractivity contribution in [3.05, 3.63) is 6.42 Å². The third kappa shape index (κ3) is 3.76. The molecule has 0 amide bonds. The van der Waals surface area contributed by atoms with Crippen LogP contribution in [-0.2, 0) is 9.47 Å². The smallest absolute Gasteiger partial charge is 0.0622 e. The molecule has 0 N–H and O–H groups in total. The van der Waals surface area contributed by atoms with Gasteiger partial charge < -0.3 is 9.47 Å². The Balaban J connectivity index is 1.34. The lowest BCUT2D eigenvalue weighted by Crippen LogP contribution is -2.54. The highest BCUT2D eigenvalue weighted by molar-refractivity contribution is 4.95. The van der Waals surface area contributed by atoms with E-state index in [1.54, 1.807) is 0 Å². The summed E-state index contributed by atoms with van der Waals surface area (Å²) in [6.45, 7) is 7.70. The molecule has 4 aliphatic rings. The molecular weight excluding hydrogens is 288 g/mol. The summed E-state index contributed by atoms with van der Waals surface area (Å²) in [6.07, 6.45) is 11.7. The highest BCUT2D eigenvalue weighted by Gasteiger charge is 2.37. The number of rotatable bonds is 3. The van der Waals surface area contributed by atoms with Gasteiger partial charge in [-0.25, -0.2) is 0 Å². The van der Waals surface area contributed by atoms with E-state index in [9.17, 15) is 0 Å². The van der Waals surface area contributed by atoms with E-state index in [1.807, 2.05) is 0 Å². The molecule has 4 fully saturated rings. The van der Waals surface area contributed by atoms with Crippen LogP contribution in [0.5, 0.6) is 0 Å². The molecule has 4 heteroatoms. The van der Waals surface area contributed by atoms with Crippen LogP contribution in [0.1, 0.15) is 44.9 Å². The molecule has 3 atom stereocenters. The van der Waals surface area contributed by atoms with Gasteiger partial charge in [0, 0.05) is 31.3 Å². The molecule has 23 heavy (non-hydrogen) atoms. The van der Waals surface area contributed by atoms with E-state index in [2.05, 4.69) is 16.2 Å². The summed E-state index contributed by atoms with van der Waals surface area (Å²) in [5, 5.41) is 0. The molecule has 4 nitrogen and oxygen atoms in total. The zero-order valence-corrected chi connectivity index (χ0v) is 14.5. The summed E-state index contributed by atoms with van der Waals surface area (Å²) in [5.41, 5.74) is 0. The monoisotopic (exact) mass is 321 g/mol. The van der Waals surface area contributed by atoms with Gasteiger partial charge >= 0.3 is 0 Å². The van der Waals surface area contributed by atoms with E-state index >= 15 is 0 Å². The van der Waals surface area contributed by atoms with Crippen LogP contribution in [0.25, 0.3) is 0 Å². The molecule has 4 aliphatic heterocycles. The molecule has 4 rings (SSSR count). The fraction of sp³-hybridized carbons (Fsp3) is 0.947. The van der Waals surface area contributed by atoms with Gasteiger partial charge in [-0.05, 0) is 76.9 Å². The van der Waals surface area contributed by atoms with Crippen molar-refractivity contribution in [3.8, 4) is 0 Å². The predicted octanol–water partition coefficient (Wildman–Crippen LogP) is 2.33. The molecule has 1 radical (unpaired) electrons. The maximum absolute atomic E-state index is 5.78. The number of piperidine rings is 2. The summed E-state index contributed by atoms with van der Waals surface area (Å²) >= 11 is 0. The lowest BCUT2D eigenvalue weighted by Gasteiger charge is -2.48. The van der Waals surface area contributed by atoms with Gasteiger partial charge in [0.2, 0.25) is 0 Å². The minimum atomic E-state index is 0.684. The lowest BCUT2D eigenvalue weighted by atomic mass is 9.82. The van der Waals surface area contributed by atoms with Gasteiger partial charge in [0.05, 0.1) is 13.2 Å². The largest absolute Gasteiger partial charge is 0.380 e. The van der Waals surface area contributed by atoms with Crippen molar-refractivity contribution in [2.45, 2.75) is 63.1 Å². The Labute approximate surface area is 141 Å². The van der Waals surface area contributed by atoms with Crippen LogP contribution >= 0.6 is 0 Å². The van der Waals surface area contributed by atoms with Crippen LogP contribution in [-0.4, -0.2) is 74.0 Å².